The highest BCUT2D eigenvalue weighted by Gasteiger charge is 2.36. The first-order valence-electron chi connectivity index (χ1n) is 11.1. The second-order valence-corrected chi connectivity index (χ2v) is 8.20. The van der Waals surface area contributed by atoms with E-state index in [1.807, 2.05) is 24.3 Å². The maximum atomic E-state index is 5.68. The number of guanidine groups is 1. The highest BCUT2D eigenvalue weighted by Crippen LogP contribution is 2.40. The van der Waals surface area contributed by atoms with Crippen LogP contribution in [0.2, 0.25) is 0 Å². The topological polar surface area (TPSA) is 82.6 Å². The van der Waals surface area contributed by atoms with Crippen molar-refractivity contribution in [2.45, 2.75) is 31.7 Å². The molecule has 0 bridgehead atoms. The molecular formula is C24H30IN3O5. The molecule has 8 nitrogen and oxygen atoms in total. The fraction of sp³-hybridized carbons (Fsp3) is 0.458. The summed E-state index contributed by atoms with van der Waals surface area (Å²) in [5, 5.41) is 6.94. The first-order valence-corrected chi connectivity index (χ1v) is 11.1. The van der Waals surface area contributed by atoms with E-state index in [0.717, 1.165) is 73.7 Å². The molecule has 3 aliphatic heterocycles. The van der Waals surface area contributed by atoms with E-state index in [1.54, 1.807) is 0 Å². The number of nitrogens with zero attached hydrogens (tertiary/aromatic N) is 1. The van der Waals surface area contributed by atoms with Crippen LogP contribution >= 0.6 is 24.0 Å². The fourth-order valence-electron chi connectivity index (χ4n) is 4.36. The number of fused-ring (bicyclic) bond motifs is 2. The molecule has 0 unspecified atom stereocenters. The first-order chi connectivity index (χ1) is 15.8. The van der Waals surface area contributed by atoms with Crippen LogP contribution in [0.5, 0.6) is 23.0 Å². The minimum absolute atomic E-state index is 0. The highest BCUT2D eigenvalue weighted by molar-refractivity contribution is 14.0. The van der Waals surface area contributed by atoms with Crippen LogP contribution in [0.25, 0.3) is 0 Å². The molecule has 2 aromatic carbocycles. The van der Waals surface area contributed by atoms with Crippen molar-refractivity contribution in [3.05, 3.63) is 47.5 Å². The lowest BCUT2D eigenvalue weighted by Crippen LogP contribution is -2.48. The molecule has 9 heteroatoms. The maximum absolute atomic E-state index is 5.68. The number of hydrogen-bond donors (Lipinski definition) is 2. The number of nitrogens with one attached hydrogen (secondary N) is 2. The average Bonchev–Trinajstić information content (AvgIpc) is 3.50. The first kappa shape index (κ1) is 23.7. The summed E-state index contributed by atoms with van der Waals surface area (Å²) < 4.78 is 27.7. The Morgan fingerprint density at radius 2 is 1.55 bits per heavy atom. The van der Waals surface area contributed by atoms with Crippen molar-refractivity contribution in [1.29, 1.82) is 0 Å². The predicted octanol–water partition coefficient (Wildman–Crippen LogP) is 3.57. The summed E-state index contributed by atoms with van der Waals surface area (Å²) in [5.74, 6) is 3.98. The molecule has 2 N–H and O–H groups in total. The third-order valence-electron chi connectivity index (χ3n) is 6.23. The second kappa shape index (κ2) is 10.7. The maximum Gasteiger partial charge on any atom is 0.231 e. The number of benzene rings is 2. The molecule has 1 saturated heterocycles. The van der Waals surface area contributed by atoms with Crippen LogP contribution in [0.1, 0.15) is 30.9 Å². The summed E-state index contributed by atoms with van der Waals surface area (Å²) in [6.07, 6.45) is 1.86. The van der Waals surface area contributed by atoms with Gasteiger partial charge in [-0.3, -0.25) is 0 Å². The smallest absolute Gasteiger partial charge is 0.231 e. The van der Waals surface area contributed by atoms with E-state index in [1.165, 1.54) is 5.56 Å². The van der Waals surface area contributed by atoms with Crippen LogP contribution in [0.15, 0.2) is 41.4 Å². The van der Waals surface area contributed by atoms with E-state index < -0.39 is 0 Å². The van der Waals surface area contributed by atoms with Crippen LogP contribution < -0.4 is 29.6 Å². The predicted molar refractivity (Wildman–Crippen MR) is 135 cm³/mol. The Morgan fingerprint density at radius 1 is 0.879 bits per heavy atom. The van der Waals surface area contributed by atoms with Gasteiger partial charge in [0.1, 0.15) is 0 Å². The van der Waals surface area contributed by atoms with E-state index in [0.29, 0.717) is 6.54 Å². The zero-order valence-corrected chi connectivity index (χ0v) is 21.1. The van der Waals surface area contributed by atoms with Crippen LogP contribution in [-0.4, -0.2) is 45.8 Å². The summed E-state index contributed by atoms with van der Waals surface area (Å²) in [6.45, 7) is 6.19. The van der Waals surface area contributed by atoms with Crippen LogP contribution in [-0.2, 0) is 16.7 Å². The van der Waals surface area contributed by atoms with Gasteiger partial charge in [0, 0.05) is 31.7 Å². The second-order valence-electron chi connectivity index (χ2n) is 8.20. The molecule has 0 amide bonds. The zero-order chi connectivity index (χ0) is 21.8. The molecule has 3 aliphatic rings. The Bertz CT molecular complexity index is 994. The van der Waals surface area contributed by atoms with Crippen LogP contribution in [0.3, 0.4) is 0 Å². The van der Waals surface area contributed by atoms with Crippen molar-refractivity contribution in [3.63, 3.8) is 0 Å². The molecule has 0 aliphatic carbocycles. The summed E-state index contributed by atoms with van der Waals surface area (Å²) in [4.78, 5) is 4.80. The van der Waals surface area contributed by atoms with Gasteiger partial charge >= 0.3 is 0 Å². The molecule has 178 valence electrons. The van der Waals surface area contributed by atoms with Crippen LogP contribution in [0.4, 0.5) is 0 Å². The number of halogens is 1. The van der Waals surface area contributed by atoms with Gasteiger partial charge in [-0.1, -0.05) is 12.1 Å². The summed E-state index contributed by atoms with van der Waals surface area (Å²) >= 11 is 0. The van der Waals surface area contributed by atoms with Gasteiger partial charge in [-0.2, -0.15) is 0 Å². The van der Waals surface area contributed by atoms with E-state index in [9.17, 15) is 0 Å². The fourth-order valence-corrected chi connectivity index (χ4v) is 4.36. The standard InChI is InChI=1S/C24H29N3O5.HI/c1-2-25-23(26-13-17-3-5-19-21(11-17)31-15-29-19)27-14-24(7-9-28-10-8-24)18-4-6-20-22(12-18)32-16-30-20;/h3-6,11-12H,2,7-10,13-16H2,1H3,(H2,25,26,27);1H. The summed E-state index contributed by atoms with van der Waals surface area (Å²) in [7, 11) is 0. The molecule has 0 atom stereocenters. The Morgan fingerprint density at radius 3 is 2.27 bits per heavy atom. The van der Waals surface area contributed by atoms with Crippen molar-refractivity contribution in [1.82, 2.24) is 10.6 Å². The Balaban J connectivity index is 0.00000259. The molecule has 5 rings (SSSR count). The van der Waals surface area contributed by atoms with E-state index in [-0.39, 0.29) is 43.0 Å². The van der Waals surface area contributed by atoms with Crippen molar-refractivity contribution in [3.8, 4) is 23.0 Å². The van der Waals surface area contributed by atoms with Crippen molar-refractivity contribution in [2.75, 3.05) is 39.9 Å². The average molecular weight is 567 g/mol. The molecule has 1 fully saturated rings. The normalized spacial score (nSPS) is 17.9. The molecule has 0 radical (unpaired) electrons. The lowest BCUT2D eigenvalue weighted by atomic mass is 9.74. The van der Waals surface area contributed by atoms with E-state index in [2.05, 4.69) is 29.7 Å². The summed E-state index contributed by atoms with van der Waals surface area (Å²) in [5.41, 5.74) is 2.25. The van der Waals surface area contributed by atoms with Gasteiger partial charge in [0.25, 0.3) is 0 Å². The van der Waals surface area contributed by atoms with Gasteiger partial charge in [-0.05, 0) is 55.2 Å². The molecule has 3 heterocycles. The van der Waals surface area contributed by atoms with Crippen LogP contribution in [0, 0.1) is 0 Å². The zero-order valence-electron chi connectivity index (χ0n) is 18.7. The van der Waals surface area contributed by atoms with E-state index >= 15 is 0 Å². The van der Waals surface area contributed by atoms with Gasteiger partial charge in [-0.15, -0.1) is 24.0 Å². The minimum Gasteiger partial charge on any atom is -0.454 e. The third-order valence-corrected chi connectivity index (χ3v) is 6.23. The largest absolute Gasteiger partial charge is 0.454 e. The molecule has 2 aromatic rings. The Labute approximate surface area is 211 Å². The quantitative estimate of drug-likeness (QED) is 0.314. The lowest BCUT2D eigenvalue weighted by molar-refractivity contribution is 0.0513. The van der Waals surface area contributed by atoms with Gasteiger partial charge < -0.3 is 34.3 Å². The minimum atomic E-state index is -0.0613. The van der Waals surface area contributed by atoms with Gasteiger partial charge in [0.15, 0.2) is 29.0 Å². The molecule has 0 saturated carbocycles. The third kappa shape index (κ3) is 5.24. The molecule has 0 spiro atoms. The molecule has 33 heavy (non-hydrogen) atoms. The highest BCUT2D eigenvalue weighted by atomic mass is 127. The summed E-state index contributed by atoms with van der Waals surface area (Å²) in [6, 6.07) is 12.2. The van der Waals surface area contributed by atoms with Crippen molar-refractivity contribution >= 4 is 29.9 Å². The lowest BCUT2D eigenvalue weighted by Gasteiger charge is -2.38. The number of rotatable bonds is 6. The Kier molecular flexibility index (Phi) is 7.69. The number of aliphatic imine (C=N–C) groups is 1. The van der Waals surface area contributed by atoms with Crippen molar-refractivity contribution in [2.24, 2.45) is 4.99 Å². The monoisotopic (exact) mass is 567 g/mol. The van der Waals surface area contributed by atoms with E-state index in [4.69, 9.17) is 28.7 Å². The molecular weight excluding hydrogens is 537 g/mol. The Hall–Kier alpha value is -2.40. The number of ether oxygens (including phenoxy) is 5. The van der Waals surface area contributed by atoms with Gasteiger partial charge in [0.05, 0.1) is 6.54 Å². The van der Waals surface area contributed by atoms with Gasteiger partial charge in [0.2, 0.25) is 13.6 Å². The van der Waals surface area contributed by atoms with Crippen molar-refractivity contribution < 1.29 is 23.7 Å². The SMILES string of the molecule is CCNC(=NCc1ccc2c(c1)OCO2)NCC1(c2ccc3c(c2)OCO3)CCOCC1.I. The van der Waals surface area contributed by atoms with Gasteiger partial charge in [-0.25, -0.2) is 4.99 Å². The molecule has 0 aromatic heterocycles. The number of hydrogen-bond acceptors (Lipinski definition) is 6.